The Labute approximate surface area is 47.2 Å². The van der Waals surface area contributed by atoms with E-state index in [-0.39, 0.29) is 4.47 Å². The van der Waals surface area contributed by atoms with E-state index in [1.165, 1.54) is 0 Å². The van der Waals surface area contributed by atoms with Gasteiger partial charge in [0.25, 0.3) is 0 Å². The summed E-state index contributed by atoms with van der Waals surface area (Å²) in [6, 6.07) is 0. The van der Waals surface area contributed by atoms with Crippen LogP contribution >= 0.6 is 0 Å². The molecule has 0 aliphatic rings. The molecule has 0 rings (SSSR count). The van der Waals surface area contributed by atoms with Crippen molar-refractivity contribution in [3.63, 3.8) is 0 Å². The van der Waals surface area contributed by atoms with Crippen LogP contribution in [-0.4, -0.2) is 24.0 Å². The van der Waals surface area contributed by atoms with Crippen molar-refractivity contribution in [1.29, 1.82) is 0 Å². The molecule has 0 amide bonds. The zero-order chi connectivity index (χ0) is 3.58. The van der Waals surface area contributed by atoms with E-state index in [1.807, 2.05) is 0 Å². The summed E-state index contributed by atoms with van der Waals surface area (Å²) < 4.78 is -0.179. The van der Waals surface area contributed by atoms with Crippen LogP contribution in [0.1, 0.15) is 0 Å². The van der Waals surface area contributed by atoms with E-state index in [1.54, 1.807) is 23.3 Å². The van der Waals surface area contributed by atoms with E-state index < -0.39 is 0 Å². The summed E-state index contributed by atoms with van der Waals surface area (Å²) in [6.07, 6.45) is 0. The Balaban J connectivity index is 2.80. The zero-order valence-corrected chi connectivity index (χ0v) is 7.46. The van der Waals surface area contributed by atoms with E-state index in [9.17, 15) is 0 Å². The van der Waals surface area contributed by atoms with Gasteiger partial charge in [0.05, 0.1) is 0 Å². The van der Waals surface area contributed by atoms with Gasteiger partial charge in [-0.3, -0.25) is 0 Å². The van der Waals surface area contributed by atoms with Crippen LogP contribution in [0.4, 0.5) is 0 Å². The molecule has 0 atom stereocenters. The maximum atomic E-state index is 3.37. The van der Waals surface area contributed by atoms with Crippen LogP contribution in [0.5, 0.6) is 0 Å². The van der Waals surface area contributed by atoms with Gasteiger partial charge in [0.1, 0.15) is 0 Å². The van der Waals surface area contributed by atoms with Crippen molar-refractivity contribution in [1.82, 2.24) is 0 Å². The fourth-order valence-corrected chi connectivity index (χ4v) is 0. The summed E-state index contributed by atoms with van der Waals surface area (Å²) in [5.41, 5.74) is 0. The molecule has 0 heterocycles. The van der Waals surface area contributed by atoms with Crippen molar-refractivity contribution in [2.24, 2.45) is 0 Å². The second-order valence-electron chi connectivity index (χ2n) is 0.375. The Hall–Kier alpha value is 1.53. The van der Waals surface area contributed by atoms with Gasteiger partial charge in [0.2, 0.25) is 0 Å². The predicted octanol–water partition coefficient (Wildman–Crippen LogP) is -1.14. The molecule has 0 fully saturated rings. The summed E-state index contributed by atoms with van der Waals surface area (Å²) >= 11 is 1.57. The Bertz CT molecular complexity index is 26.3. The summed E-state index contributed by atoms with van der Waals surface area (Å²) in [4.78, 5) is 0. The molecule has 0 unspecified atom stereocenters. The third kappa shape index (κ3) is 9.64. The molecule has 0 aromatic rings. The van der Waals surface area contributed by atoms with Gasteiger partial charge in [0, 0.05) is 0 Å². The molecule has 4 heavy (non-hydrogen) atoms. The molecule has 0 nitrogen and oxygen atoms in total. The number of hydrogen-bond donors (Lipinski definition) is 0. The molecule has 0 aliphatic carbocycles. The summed E-state index contributed by atoms with van der Waals surface area (Å²) in [5, 5.41) is 0. The molecule has 4 heteroatoms. The Morgan fingerprint density at radius 2 is 1.50 bits per heavy atom. The second kappa shape index (κ2) is 2.75. The predicted molar refractivity (Wildman–Crippen MR) is 17.3 cm³/mol. The summed E-state index contributed by atoms with van der Waals surface area (Å²) in [6.45, 7) is 0. The van der Waals surface area contributed by atoms with Crippen molar-refractivity contribution < 1.29 is 23.3 Å². The van der Waals surface area contributed by atoms with Gasteiger partial charge in [-0.2, -0.15) is 0 Å². The number of rotatable bonds is 0. The molecule has 0 bridgehead atoms. The maximum absolute atomic E-state index is 3.37. The zero-order valence-electron chi connectivity index (χ0n) is 2.00. The third-order valence-electron chi connectivity index (χ3n) is 0. The van der Waals surface area contributed by atoms with Crippen molar-refractivity contribution in [2.75, 3.05) is 0 Å². The molecule has 0 spiro atoms. The average Bonchev–Trinajstić information content (AvgIpc) is 0.811. The summed E-state index contributed by atoms with van der Waals surface area (Å²) in [5.74, 6) is 0. The quantitative estimate of drug-likeness (QED) is 0.408. The van der Waals surface area contributed by atoms with Crippen LogP contribution in [0.3, 0.4) is 0 Å². The third-order valence-corrected chi connectivity index (χ3v) is 0. The van der Waals surface area contributed by atoms with Crippen molar-refractivity contribution in [3.8, 4) is 0 Å². The van der Waals surface area contributed by atoms with E-state index in [0.29, 0.717) is 0 Å². The molecule has 0 N–H and O–H groups in total. The van der Waals surface area contributed by atoms with Crippen LogP contribution in [0.25, 0.3) is 0 Å². The standard InChI is InChI=1S/Si3.Zr/c1-3-2;. The molecular formula is Si3Zr. The first-order chi connectivity index (χ1) is 1.73. The van der Waals surface area contributed by atoms with Crippen LogP contribution in [0.15, 0.2) is 0 Å². The first-order valence-corrected chi connectivity index (χ1v) is 8.94. The van der Waals surface area contributed by atoms with E-state index in [0.717, 1.165) is 0 Å². The normalized spacial score (nSPS) is 6.25. The van der Waals surface area contributed by atoms with Crippen LogP contribution < -0.4 is 0 Å². The van der Waals surface area contributed by atoms with E-state index >= 15 is 0 Å². The first kappa shape index (κ1) is 5.53. The molecule has 0 aliphatic heterocycles. The Kier molecular flexibility index (Phi) is 3.81. The topological polar surface area (TPSA) is 0 Å². The van der Waals surface area contributed by atoms with Gasteiger partial charge in [-0.05, 0) is 0 Å². The van der Waals surface area contributed by atoms with Crippen LogP contribution in [-0.2, 0) is 23.3 Å². The monoisotopic (exact) mass is 174 g/mol. The van der Waals surface area contributed by atoms with E-state index in [4.69, 9.17) is 0 Å². The summed E-state index contributed by atoms with van der Waals surface area (Å²) in [7, 11) is 6.73. The first-order valence-electron chi connectivity index (χ1n) is 0.750. The second-order valence-corrected chi connectivity index (χ2v) is 16.7. The van der Waals surface area contributed by atoms with Crippen molar-refractivity contribution in [3.05, 3.63) is 0 Å². The SMILES string of the molecule is [Si][Si]([Si])=[Zr]. The van der Waals surface area contributed by atoms with Crippen molar-refractivity contribution >= 4 is 24.0 Å². The molecule has 0 aromatic heterocycles. The van der Waals surface area contributed by atoms with Gasteiger partial charge in [0.15, 0.2) is 0 Å². The Morgan fingerprint density at radius 3 is 1.50 bits per heavy atom. The van der Waals surface area contributed by atoms with Gasteiger partial charge < -0.3 is 0 Å². The van der Waals surface area contributed by atoms with Gasteiger partial charge in [-0.15, -0.1) is 0 Å². The van der Waals surface area contributed by atoms with Gasteiger partial charge in [-0.25, -0.2) is 0 Å². The molecule has 0 saturated carbocycles. The number of hydrogen-bond acceptors (Lipinski definition) is 0. The molecular weight excluding hydrogens is 175 g/mol. The van der Waals surface area contributed by atoms with Gasteiger partial charge >= 0.3 is 47.3 Å². The van der Waals surface area contributed by atoms with E-state index in [2.05, 4.69) is 19.5 Å². The van der Waals surface area contributed by atoms with Crippen LogP contribution in [0.2, 0.25) is 0 Å². The fourth-order valence-electron chi connectivity index (χ4n) is 0. The minimum atomic E-state index is -0.179. The van der Waals surface area contributed by atoms with Gasteiger partial charge in [-0.1, -0.05) is 0 Å². The minimum absolute atomic E-state index is 0.179. The van der Waals surface area contributed by atoms with Crippen LogP contribution in [0, 0.1) is 0 Å². The molecule has 0 saturated heterocycles. The fraction of sp³-hybridized carbons (Fsp3) is 0. The van der Waals surface area contributed by atoms with Crippen molar-refractivity contribution in [2.45, 2.75) is 0 Å². The molecule has 16 valence electrons. The molecule has 0 aromatic carbocycles. The average molecular weight is 175 g/mol. The molecule has 6 radical (unpaired) electrons. The Morgan fingerprint density at radius 1 is 1.50 bits per heavy atom.